The highest BCUT2D eigenvalue weighted by Gasteiger charge is 2.49. The highest BCUT2D eigenvalue weighted by atomic mass is 32.2. The topological polar surface area (TPSA) is 52.6 Å². The number of carbonyl (C=O) groups is 1. The molecular weight excluding hydrogens is 284 g/mol. The largest absolute Gasteiger partial charge is 0.391 e. The second-order valence-electron chi connectivity index (χ2n) is 6.90. The van der Waals surface area contributed by atoms with Crippen LogP contribution in [0.25, 0.3) is 0 Å². The maximum atomic E-state index is 12.3. The first kappa shape index (κ1) is 15.6. The Hall–Kier alpha value is -0.260. The fraction of sp³-hybridized carbons (Fsp3) is 0.938. The van der Waals surface area contributed by atoms with Gasteiger partial charge in [-0.3, -0.25) is 9.69 Å². The lowest BCUT2D eigenvalue weighted by Crippen LogP contribution is -2.53. The van der Waals surface area contributed by atoms with Gasteiger partial charge in [-0.05, 0) is 44.8 Å². The Morgan fingerprint density at radius 2 is 1.86 bits per heavy atom. The van der Waals surface area contributed by atoms with Crippen LogP contribution in [0.3, 0.4) is 0 Å². The molecule has 1 heterocycles. The van der Waals surface area contributed by atoms with Crippen LogP contribution < -0.4 is 5.32 Å². The van der Waals surface area contributed by atoms with Gasteiger partial charge in [-0.25, -0.2) is 0 Å². The lowest BCUT2D eigenvalue weighted by Gasteiger charge is -2.41. The molecule has 0 aromatic heterocycles. The van der Waals surface area contributed by atoms with Gasteiger partial charge in [0.1, 0.15) is 0 Å². The Kier molecular flexibility index (Phi) is 4.81. The minimum absolute atomic E-state index is 0.100. The third-order valence-corrected chi connectivity index (χ3v) is 6.91. The van der Waals surface area contributed by atoms with Crippen LogP contribution in [-0.2, 0) is 4.79 Å². The zero-order chi connectivity index (χ0) is 14.9. The summed E-state index contributed by atoms with van der Waals surface area (Å²) in [6, 6.07) is 0.690. The first-order valence-corrected chi connectivity index (χ1v) is 9.65. The predicted molar refractivity (Wildman–Crippen MR) is 86.5 cm³/mol. The Morgan fingerprint density at radius 1 is 1.19 bits per heavy atom. The fourth-order valence-electron chi connectivity index (χ4n) is 3.85. The molecule has 1 aliphatic heterocycles. The molecule has 0 aromatic rings. The maximum absolute atomic E-state index is 12.3. The molecule has 0 bridgehead atoms. The molecule has 5 heteroatoms. The summed E-state index contributed by atoms with van der Waals surface area (Å²) in [7, 11) is 0. The molecule has 4 nitrogen and oxygen atoms in total. The monoisotopic (exact) mass is 312 g/mol. The molecule has 2 N–H and O–H groups in total. The van der Waals surface area contributed by atoms with Gasteiger partial charge in [-0.1, -0.05) is 12.8 Å². The zero-order valence-electron chi connectivity index (χ0n) is 13.0. The van der Waals surface area contributed by atoms with Crippen LogP contribution in [0.4, 0.5) is 0 Å². The molecule has 2 saturated carbocycles. The van der Waals surface area contributed by atoms with Crippen molar-refractivity contribution in [3.63, 3.8) is 0 Å². The van der Waals surface area contributed by atoms with Crippen molar-refractivity contribution in [2.24, 2.45) is 0 Å². The molecule has 3 aliphatic rings. The van der Waals surface area contributed by atoms with Crippen molar-refractivity contribution < 1.29 is 9.90 Å². The van der Waals surface area contributed by atoms with Crippen LogP contribution in [0.2, 0.25) is 0 Å². The summed E-state index contributed by atoms with van der Waals surface area (Å²) in [5.74, 6) is 0.256. The van der Waals surface area contributed by atoms with E-state index in [0.29, 0.717) is 12.1 Å². The van der Waals surface area contributed by atoms with Crippen molar-refractivity contribution in [2.45, 2.75) is 74.3 Å². The number of aliphatic hydroxyl groups is 1. The quantitative estimate of drug-likeness (QED) is 0.831. The molecule has 1 amide bonds. The van der Waals surface area contributed by atoms with E-state index in [9.17, 15) is 9.90 Å². The van der Waals surface area contributed by atoms with Crippen LogP contribution in [0.5, 0.6) is 0 Å². The third kappa shape index (κ3) is 3.40. The number of hydrogen-bond acceptors (Lipinski definition) is 4. The summed E-state index contributed by atoms with van der Waals surface area (Å²) in [6.45, 7) is 2.03. The van der Waals surface area contributed by atoms with Crippen molar-refractivity contribution in [3.8, 4) is 0 Å². The summed E-state index contributed by atoms with van der Waals surface area (Å²) in [5.41, 5.74) is 0. The fourth-order valence-corrected chi connectivity index (χ4v) is 4.60. The number of nitrogens with one attached hydrogen (secondary N) is 1. The summed E-state index contributed by atoms with van der Waals surface area (Å²) in [5, 5.41) is 13.4. The molecule has 2 atom stereocenters. The highest BCUT2D eigenvalue weighted by Crippen LogP contribution is 2.47. The first-order chi connectivity index (χ1) is 10.1. The SMILES string of the molecule is CSC1(C(=O)NC2CCN([C@H]3CCCC[C@@H]3O)CC2)CC1. The molecular formula is C16H28N2O2S. The van der Waals surface area contributed by atoms with Crippen LogP contribution in [0.1, 0.15) is 51.4 Å². The molecule has 0 aromatic carbocycles. The normalized spacial score (nSPS) is 33.6. The van der Waals surface area contributed by atoms with E-state index in [1.54, 1.807) is 11.8 Å². The zero-order valence-corrected chi connectivity index (χ0v) is 13.8. The lowest BCUT2D eigenvalue weighted by molar-refractivity contribution is -0.122. The van der Waals surface area contributed by atoms with Gasteiger partial charge in [0.2, 0.25) is 5.91 Å². The second kappa shape index (κ2) is 6.47. The number of carbonyl (C=O) groups excluding carboxylic acids is 1. The number of aliphatic hydroxyl groups excluding tert-OH is 1. The van der Waals surface area contributed by atoms with Gasteiger partial charge in [0, 0.05) is 25.2 Å². The number of likely N-dealkylation sites (tertiary alicyclic amines) is 1. The molecule has 1 saturated heterocycles. The van der Waals surface area contributed by atoms with E-state index in [1.807, 2.05) is 6.26 Å². The minimum atomic E-state index is -0.142. The molecule has 0 unspecified atom stereocenters. The molecule has 3 rings (SSSR count). The van der Waals surface area contributed by atoms with E-state index in [1.165, 1.54) is 12.8 Å². The summed E-state index contributed by atoms with van der Waals surface area (Å²) in [4.78, 5) is 14.7. The van der Waals surface area contributed by atoms with Crippen molar-refractivity contribution in [3.05, 3.63) is 0 Å². The Morgan fingerprint density at radius 3 is 2.43 bits per heavy atom. The number of nitrogens with zero attached hydrogens (tertiary/aromatic N) is 1. The van der Waals surface area contributed by atoms with Gasteiger partial charge in [0.25, 0.3) is 0 Å². The average Bonchev–Trinajstić information content (AvgIpc) is 3.30. The molecule has 0 radical (unpaired) electrons. The summed E-state index contributed by atoms with van der Waals surface area (Å²) < 4.78 is -0.100. The number of thioether (sulfide) groups is 1. The van der Waals surface area contributed by atoms with Gasteiger partial charge in [-0.15, -0.1) is 11.8 Å². The second-order valence-corrected chi connectivity index (χ2v) is 8.09. The van der Waals surface area contributed by atoms with Crippen molar-refractivity contribution >= 4 is 17.7 Å². The highest BCUT2D eigenvalue weighted by molar-refractivity contribution is 8.01. The van der Waals surface area contributed by atoms with Crippen LogP contribution >= 0.6 is 11.8 Å². The number of piperidine rings is 1. The molecule has 0 spiro atoms. The molecule has 120 valence electrons. The standard InChI is InChI=1S/C16H28N2O2S/c1-21-16(8-9-16)15(20)17-12-6-10-18(11-7-12)13-4-2-3-5-14(13)19/h12-14,19H,2-11H2,1H3,(H,17,20)/t13-,14-/m0/s1. The van der Waals surface area contributed by atoms with E-state index < -0.39 is 0 Å². The van der Waals surface area contributed by atoms with Crippen molar-refractivity contribution in [1.82, 2.24) is 10.2 Å². The van der Waals surface area contributed by atoms with Gasteiger partial charge in [0.05, 0.1) is 10.9 Å². The molecule has 3 fully saturated rings. The number of amides is 1. The number of hydrogen-bond donors (Lipinski definition) is 2. The van der Waals surface area contributed by atoms with Crippen molar-refractivity contribution in [1.29, 1.82) is 0 Å². The van der Waals surface area contributed by atoms with Gasteiger partial charge >= 0.3 is 0 Å². The lowest BCUT2D eigenvalue weighted by atomic mass is 9.89. The van der Waals surface area contributed by atoms with E-state index in [2.05, 4.69) is 10.2 Å². The van der Waals surface area contributed by atoms with E-state index in [4.69, 9.17) is 0 Å². The van der Waals surface area contributed by atoms with Crippen molar-refractivity contribution in [2.75, 3.05) is 19.3 Å². The van der Waals surface area contributed by atoms with Gasteiger partial charge in [0.15, 0.2) is 0 Å². The summed E-state index contributed by atoms with van der Waals surface area (Å²) in [6.07, 6.45) is 10.5. The van der Waals surface area contributed by atoms with Crippen LogP contribution in [0.15, 0.2) is 0 Å². The maximum Gasteiger partial charge on any atom is 0.236 e. The van der Waals surface area contributed by atoms with Gasteiger partial charge in [-0.2, -0.15) is 0 Å². The van der Waals surface area contributed by atoms with E-state index in [-0.39, 0.29) is 16.8 Å². The summed E-state index contributed by atoms with van der Waals surface area (Å²) >= 11 is 1.70. The Bertz CT molecular complexity index is 378. The van der Waals surface area contributed by atoms with E-state index in [0.717, 1.165) is 51.6 Å². The molecule has 2 aliphatic carbocycles. The Balaban J connectivity index is 1.45. The predicted octanol–water partition coefficient (Wildman–Crippen LogP) is 1.77. The minimum Gasteiger partial charge on any atom is -0.391 e. The smallest absolute Gasteiger partial charge is 0.236 e. The third-order valence-electron chi connectivity index (χ3n) is 5.54. The Labute approximate surface area is 132 Å². The van der Waals surface area contributed by atoms with Gasteiger partial charge < -0.3 is 10.4 Å². The first-order valence-electron chi connectivity index (χ1n) is 8.43. The van der Waals surface area contributed by atoms with Crippen LogP contribution in [-0.4, -0.2) is 58.2 Å². The average molecular weight is 312 g/mol. The van der Waals surface area contributed by atoms with E-state index >= 15 is 0 Å². The molecule has 21 heavy (non-hydrogen) atoms. The number of rotatable bonds is 4. The van der Waals surface area contributed by atoms with Crippen LogP contribution in [0, 0.1) is 0 Å².